The highest BCUT2D eigenvalue weighted by Gasteiger charge is 2.18. The van der Waals surface area contributed by atoms with Crippen LogP contribution in [-0.2, 0) is 0 Å². The zero-order chi connectivity index (χ0) is 15.6. The maximum atomic E-state index is 13.5. The number of carbonyl (C=O) groups is 1. The van der Waals surface area contributed by atoms with Crippen LogP contribution in [0, 0.1) is 15.9 Å². The Hall–Kier alpha value is -1.93. The molecule has 1 N–H and O–H groups in total. The van der Waals surface area contributed by atoms with Crippen molar-refractivity contribution in [3.8, 4) is 0 Å². The molecule has 0 unspecified atom stereocenters. The van der Waals surface area contributed by atoms with E-state index in [1.54, 1.807) is 0 Å². The molecule has 0 aromatic heterocycles. The highest BCUT2D eigenvalue weighted by Crippen LogP contribution is 2.37. The molecule has 0 spiro atoms. The van der Waals surface area contributed by atoms with Gasteiger partial charge in [0.1, 0.15) is 5.82 Å². The zero-order valence-corrected chi connectivity index (χ0v) is 12.6. The third-order valence-electron chi connectivity index (χ3n) is 2.53. The summed E-state index contributed by atoms with van der Waals surface area (Å²) in [7, 11) is 0. The van der Waals surface area contributed by atoms with Crippen molar-refractivity contribution in [1.82, 2.24) is 0 Å². The average Bonchev–Trinajstić information content (AvgIpc) is 2.43. The van der Waals surface area contributed by atoms with E-state index >= 15 is 0 Å². The summed E-state index contributed by atoms with van der Waals surface area (Å²) < 4.78 is 13.5. The smallest absolute Gasteiger partial charge is 0.335 e. The highest BCUT2D eigenvalue weighted by molar-refractivity contribution is 9.10. The fraction of sp³-hybridized carbons (Fsp3) is 0. The van der Waals surface area contributed by atoms with Gasteiger partial charge in [-0.15, -0.1) is 0 Å². The van der Waals surface area contributed by atoms with E-state index in [0.717, 1.165) is 23.9 Å². The van der Waals surface area contributed by atoms with Gasteiger partial charge in [0.25, 0.3) is 5.69 Å². The molecule has 0 aliphatic rings. The van der Waals surface area contributed by atoms with Gasteiger partial charge < -0.3 is 5.11 Å². The normalized spacial score (nSPS) is 10.4. The summed E-state index contributed by atoms with van der Waals surface area (Å²) in [5, 5.41) is 19.8. The molecule has 2 rings (SSSR count). The number of nitrogens with zero attached hydrogens (tertiary/aromatic N) is 1. The summed E-state index contributed by atoms with van der Waals surface area (Å²) in [5.41, 5.74) is -0.119. The van der Waals surface area contributed by atoms with E-state index in [1.165, 1.54) is 24.3 Å². The predicted octanol–water partition coefficient (Wildman–Crippen LogP) is 4.35. The lowest BCUT2D eigenvalue weighted by atomic mass is 10.2. The molecule has 0 aliphatic heterocycles. The molecule has 0 saturated heterocycles. The molecule has 0 heterocycles. The predicted molar refractivity (Wildman–Crippen MR) is 78.3 cm³/mol. The number of hydrogen-bond donors (Lipinski definition) is 1. The van der Waals surface area contributed by atoms with Crippen LogP contribution in [0.1, 0.15) is 10.4 Å². The SMILES string of the molecule is O=C(O)c1ccc(Sc2cc(F)c(Br)cc2[N+](=O)[O-])cc1. The molecule has 0 amide bonds. The molecule has 0 radical (unpaired) electrons. The molecule has 0 saturated carbocycles. The third kappa shape index (κ3) is 3.59. The first-order chi connectivity index (χ1) is 9.88. The van der Waals surface area contributed by atoms with Gasteiger partial charge >= 0.3 is 5.97 Å². The molecule has 0 bridgehead atoms. The topological polar surface area (TPSA) is 80.4 Å². The summed E-state index contributed by atoms with van der Waals surface area (Å²) >= 11 is 3.90. The first-order valence-corrected chi connectivity index (χ1v) is 7.14. The summed E-state index contributed by atoms with van der Waals surface area (Å²) in [6.07, 6.45) is 0. The van der Waals surface area contributed by atoms with Gasteiger partial charge in [0, 0.05) is 11.0 Å². The minimum absolute atomic E-state index is 0.0137. The molecule has 5 nitrogen and oxygen atoms in total. The van der Waals surface area contributed by atoms with Gasteiger partial charge in [0.05, 0.1) is 19.9 Å². The first kappa shape index (κ1) is 15.5. The minimum Gasteiger partial charge on any atom is -0.478 e. The average molecular weight is 372 g/mol. The van der Waals surface area contributed by atoms with Crippen molar-refractivity contribution in [2.45, 2.75) is 9.79 Å². The van der Waals surface area contributed by atoms with E-state index < -0.39 is 16.7 Å². The Kier molecular flexibility index (Phi) is 4.59. The molecule has 108 valence electrons. The van der Waals surface area contributed by atoms with Crippen LogP contribution in [0.3, 0.4) is 0 Å². The van der Waals surface area contributed by atoms with E-state index in [4.69, 9.17) is 5.11 Å². The van der Waals surface area contributed by atoms with Crippen molar-refractivity contribution in [3.05, 3.63) is 62.4 Å². The number of rotatable bonds is 4. The van der Waals surface area contributed by atoms with Gasteiger partial charge in [0.2, 0.25) is 0 Å². The molecule has 2 aromatic rings. The second kappa shape index (κ2) is 6.23. The maximum Gasteiger partial charge on any atom is 0.335 e. The van der Waals surface area contributed by atoms with Crippen molar-refractivity contribution in [2.24, 2.45) is 0 Å². The van der Waals surface area contributed by atoms with E-state index in [0.29, 0.717) is 4.90 Å². The van der Waals surface area contributed by atoms with Crippen LogP contribution in [0.15, 0.2) is 50.7 Å². The second-order valence-electron chi connectivity index (χ2n) is 3.92. The van der Waals surface area contributed by atoms with E-state index in [-0.39, 0.29) is 20.6 Å². The Bertz CT molecular complexity index is 721. The lowest BCUT2D eigenvalue weighted by Crippen LogP contribution is -1.95. The summed E-state index contributed by atoms with van der Waals surface area (Å²) in [6, 6.07) is 7.95. The van der Waals surface area contributed by atoms with Gasteiger partial charge in [-0.3, -0.25) is 10.1 Å². The Labute approximate surface area is 131 Å². The molecule has 0 fully saturated rings. The lowest BCUT2D eigenvalue weighted by Gasteiger charge is -2.05. The molecule has 2 aromatic carbocycles. The quantitative estimate of drug-likeness (QED) is 0.638. The fourth-order valence-corrected chi connectivity index (χ4v) is 2.79. The van der Waals surface area contributed by atoms with E-state index in [1.807, 2.05) is 0 Å². The Morgan fingerprint density at radius 1 is 1.29 bits per heavy atom. The Morgan fingerprint density at radius 2 is 1.90 bits per heavy atom. The number of carboxylic acid groups (broad SMARTS) is 1. The van der Waals surface area contributed by atoms with Crippen molar-refractivity contribution in [3.63, 3.8) is 0 Å². The number of carboxylic acids is 1. The standard InChI is InChI=1S/C13H7BrFNO4S/c14-9-5-11(16(19)20)12(6-10(9)15)21-8-3-1-7(2-4-8)13(17)18/h1-6H,(H,17,18). The van der Waals surface area contributed by atoms with Gasteiger partial charge in [-0.2, -0.15) is 0 Å². The van der Waals surface area contributed by atoms with Crippen LogP contribution in [0.25, 0.3) is 0 Å². The fourth-order valence-electron chi connectivity index (χ4n) is 1.54. The van der Waals surface area contributed by atoms with Crippen LogP contribution in [0.2, 0.25) is 0 Å². The van der Waals surface area contributed by atoms with Crippen LogP contribution in [0.4, 0.5) is 10.1 Å². The first-order valence-electron chi connectivity index (χ1n) is 5.53. The Morgan fingerprint density at radius 3 is 2.43 bits per heavy atom. The van der Waals surface area contributed by atoms with Crippen molar-refractivity contribution < 1.29 is 19.2 Å². The maximum absolute atomic E-state index is 13.5. The monoisotopic (exact) mass is 371 g/mol. The number of nitro benzene ring substituents is 1. The third-order valence-corrected chi connectivity index (χ3v) is 4.19. The minimum atomic E-state index is -1.06. The molecule has 0 aliphatic carbocycles. The van der Waals surface area contributed by atoms with Crippen LogP contribution in [0.5, 0.6) is 0 Å². The van der Waals surface area contributed by atoms with Gasteiger partial charge in [-0.25, -0.2) is 9.18 Å². The van der Waals surface area contributed by atoms with Gasteiger partial charge in [-0.05, 0) is 46.3 Å². The molecule has 8 heteroatoms. The number of nitro groups is 1. The van der Waals surface area contributed by atoms with Gasteiger partial charge in [0.15, 0.2) is 0 Å². The number of aromatic carboxylic acids is 1. The van der Waals surface area contributed by atoms with Crippen molar-refractivity contribution >= 4 is 39.3 Å². The van der Waals surface area contributed by atoms with E-state index in [9.17, 15) is 19.3 Å². The summed E-state index contributed by atoms with van der Waals surface area (Å²) in [4.78, 5) is 21.9. The Balaban J connectivity index is 2.36. The zero-order valence-electron chi connectivity index (χ0n) is 10.2. The van der Waals surface area contributed by atoms with Crippen molar-refractivity contribution in [2.75, 3.05) is 0 Å². The largest absolute Gasteiger partial charge is 0.478 e. The number of benzene rings is 2. The van der Waals surface area contributed by atoms with Crippen LogP contribution >= 0.6 is 27.7 Å². The molecule has 21 heavy (non-hydrogen) atoms. The van der Waals surface area contributed by atoms with Crippen molar-refractivity contribution in [1.29, 1.82) is 0 Å². The van der Waals surface area contributed by atoms with Crippen LogP contribution < -0.4 is 0 Å². The molecular formula is C13H7BrFNO4S. The summed E-state index contributed by atoms with van der Waals surface area (Å²) in [5.74, 6) is -1.67. The van der Waals surface area contributed by atoms with E-state index in [2.05, 4.69) is 15.9 Å². The molecular weight excluding hydrogens is 365 g/mol. The summed E-state index contributed by atoms with van der Waals surface area (Å²) in [6.45, 7) is 0. The van der Waals surface area contributed by atoms with Gasteiger partial charge in [-0.1, -0.05) is 11.8 Å². The van der Waals surface area contributed by atoms with Crippen LogP contribution in [-0.4, -0.2) is 16.0 Å². The molecule has 0 atom stereocenters. The number of hydrogen-bond acceptors (Lipinski definition) is 4. The number of halogens is 2. The lowest BCUT2D eigenvalue weighted by molar-refractivity contribution is -0.387. The highest BCUT2D eigenvalue weighted by atomic mass is 79.9. The second-order valence-corrected chi connectivity index (χ2v) is 5.89.